The van der Waals surface area contributed by atoms with Gasteiger partial charge in [-0.1, -0.05) is 0 Å². The van der Waals surface area contributed by atoms with Gasteiger partial charge in [-0.15, -0.1) is 0 Å². The summed E-state index contributed by atoms with van der Waals surface area (Å²) in [5, 5.41) is 0. The largest absolute Gasteiger partial charge is 0.466 e. The normalized spacial score (nSPS) is 57.4. The summed E-state index contributed by atoms with van der Waals surface area (Å²) in [4.78, 5) is 53.7. The fourth-order valence-electron chi connectivity index (χ4n) is 11.4. The number of fused-ring (bicyclic) bond motifs is 2. The van der Waals surface area contributed by atoms with Crippen LogP contribution in [0.5, 0.6) is 0 Å². The van der Waals surface area contributed by atoms with Gasteiger partial charge in [0, 0.05) is 24.7 Å². The van der Waals surface area contributed by atoms with Crippen molar-refractivity contribution in [1.82, 2.24) is 0 Å². The molecule has 0 aromatic rings. The van der Waals surface area contributed by atoms with E-state index in [4.69, 9.17) is 9.47 Å². The molecule has 8 aliphatic rings. The van der Waals surface area contributed by atoms with Crippen LogP contribution in [0.1, 0.15) is 39.5 Å². The molecule has 6 nitrogen and oxygen atoms in total. The van der Waals surface area contributed by atoms with Gasteiger partial charge in [-0.2, -0.15) is 0 Å². The fourth-order valence-corrected chi connectivity index (χ4v) is 11.4. The first-order valence-corrected chi connectivity index (χ1v) is 11.9. The Hall–Kier alpha value is -1.72. The Kier molecular flexibility index (Phi) is 3.10. The third-order valence-electron chi connectivity index (χ3n) is 10.9. The standard InChI is InChI=1S/C24H28O6/c1-3-29-21(27)23-17-9-5-7-12(26)14(9)20-15(17)16-18(24(20,23)22(28)30-4-2)10-6-8-11(25)13(10)19(16)23/h9-10,13-20H,3-8H2,1-2H3/t9-,10-,13-,14+,15+,16+,17-,18+,19+,20-,23-,24-/m1/s1. The molecule has 8 fully saturated rings. The summed E-state index contributed by atoms with van der Waals surface area (Å²) in [6, 6.07) is 0. The quantitative estimate of drug-likeness (QED) is 0.657. The Labute approximate surface area is 175 Å². The van der Waals surface area contributed by atoms with E-state index in [1.54, 1.807) is 13.8 Å². The van der Waals surface area contributed by atoms with Crippen LogP contribution in [0.15, 0.2) is 0 Å². The van der Waals surface area contributed by atoms with E-state index in [-0.39, 0.29) is 95.9 Å². The second kappa shape index (κ2) is 5.18. The molecule has 0 radical (unpaired) electrons. The first-order chi connectivity index (χ1) is 14.5. The highest BCUT2D eigenvalue weighted by Crippen LogP contribution is 2.97. The molecule has 0 aliphatic heterocycles. The third-order valence-corrected chi connectivity index (χ3v) is 10.9. The van der Waals surface area contributed by atoms with Crippen molar-refractivity contribution in [2.45, 2.75) is 39.5 Å². The topological polar surface area (TPSA) is 86.7 Å². The molecule has 30 heavy (non-hydrogen) atoms. The summed E-state index contributed by atoms with van der Waals surface area (Å²) >= 11 is 0. The van der Waals surface area contributed by atoms with Gasteiger partial charge in [0.1, 0.15) is 11.6 Å². The highest BCUT2D eigenvalue weighted by molar-refractivity contribution is 5.99. The number of rotatable bonds is 4. The summed E-state index contributed by atoms with van der Waals surface area (Å²) in [6.45, 7) is 4.13. The number of hydrogen-bond acceptors (Lipinski definition) is 6. The summed E-state index contributed by atoms with van der Waals surface area (Å²) < 4.78 is 11.4. The second-order valence-corrected chi connectivity index (χ2v) is 10.8. The molecule has 0 N–H and O–H groups in total. The van der Waals surface area contributed by atoms with E-state index in [1.165, 1.54) is 0 Å². The van der Waals surface area contributed by atoms with Gasteiger partial charge in [-0.3, -0.25) is 19.2 Å². The second-order valence-electron chi connectivity index (χ2n) is 10.8. The van der Waals surface area contributed by atoms with Crippen molar-refractivity contribution in [2.75, 3.05) is 13.2 Å². The number of carbonyl (C=O) groups excluding carboxylic acids is 4. The summed E-state index contributed by atoms with van der Waals surface area (Å²) in [5.74, 6) is 0.363. The number of ether oxygens (including phenoxy) is 2. The zero-order valence-electron chi connectivity index (χ0n) is 17.5. The van der Waals surface area contributed by atoms with Gasteiger partial charge in [0.15, 0.2) is 0 Å². The lowest BCUT2D eigenvalue weighted by Gasteiger charge is -2.57. The van der Waals surface area contributed by atoms with Crippen molar-refractivity contribution < 1.29 is 28.7 Å². The van der Waals surface area contributed by atoms with E-state index in [0.717, 1.165) is 12.8 Å². The van der Waals surface area contributed by atoms with Crippen LogP contribution < -0.4 is 0 Å². The lowest BCUT2D eigenvalue weighted by molar-refractivity contribution is -0.211. The number of Topliss-reactive ketones (excluding diaryl/α,β-unsaturated/α-hetero) is 2. The lowest BCUT2D eigenvalue weighted by Crippen LogP contribution is -2.66. The molecule has 0 amide bonds. The Morgan fingerprint density at radius 1 is 0.767 bits per heavy atom. The average molecular weight is 412 g/mol. The molecule has 8 saturated carbocycles. The number of carbonyl (C=O) groups is 4. The maximum Gasteiger partial charge on any atom is 0.313 e. The van der Waals surface area contributed by atoms with Crippen molar-refractivity contribution in [3.8, 4) is 0 Å². The van der Waals surface area contributed by atoms with Gasteiger partial charge in [0.25, 0.3) is 0 Å². The number of ketones is 2. The van der Waals surface area contributed by atoms with Gasteiger partial charge in [-0.25, -0.2) is 0 Å². The molecule has 6 heteroatoms. The predicted octanol–water partition coefficient (Wildman–Crippen LogP) is 2.04. The first-order valence-electron chi connectivity index (χ1n) is 11.9. The van der Waals surface area contributed by atoms with Gasteiger partial charge in [-0.05, 0) is 74.0 Å². The monoisotopic (exact) mass is 412 g/mol. The molecular formula is C24H28O6. The molecule has 12 atom stereocenters. The zero-order valence-corrected chi connectivity index (χ0v) is 17.5. The van der Waals surface area contributed by atoms with Crippen molar-refractivity contribution in [1.29, 1.82) is 0 Å². The fraction of sp³-hybridized carbons (Fsp3) is 0.833. The van der Waals surface area contributed by atoms with E-state index < -0.39 is 10.8 Å². The predicted molar refractivity (Wildman–Crippen MR) is 102 cm³/mol. The summed E-state index contributed by atoms with van der Waals surface area (Å²) in [7, 11) is 0. The minimum Gasteiger partial charge on any atom is -0.466 e. The minimum absolute atomic E-state index is 0.00278. The van der Waals surface area contributed by atoms with E-state index in [1.807, 2.05) is 0 Å². The van der Waals surface area contributed by atoms with E-state index >= 15 is 0 Å². The van der Waals surface area contributed by atoms with E-state index in [0.29, 0.717) is 12.8 Å². The molecule has 0 aromatic heterocycles. The maximum atomic E-state index is 13.9. The summed E-state index contributed by atoms with van der Waals surface area (Å²) in [5.41, 5.74) is -1.90. The van der Waals surface area contributed by atoms with Crippen LogP contribution in [0.25, 0.3) is 0 Å². The number of esters is 2. The molecule has 160 valence electrons. The van der Waals surface area contributed by atoms with Gasteiger partial charge >= 0.3 is 11.9 Å². The molecule has 0 unspecified atom stereocenters. The molecule has 0 saturated heterocycles. The smallest absolute Gasteiger partial charge is 0.313 e. The van der Waals surface area contributed by atoms with Crippen LogP contribution in [-0.4, -0.2) is 36.7 Å². The van der Waals surface area contributed by atoms with Crippen molar-refractivity contribution in [2.24, 2.45) is 70.0 Å². The van der Waals surface area contributed by atoms with E-state index in [9.17, 15) is 19.2 Å². The van der Waals surface area contributed by atoms with Crippen LogP contribution >= 0.6 is 0 Å². The van der Waals surface area contributed by atoms with Crippen molar-refractivity contribution >= 4 is 23.5 Å². The van der Waals surface area contributed by atoms with Crippen LogP contribution in [0.4, 0.5) is 0 Å². The third kappa shape index (κ3) is 1.36. The van der Waals surface area contributed by atoms with Crippen molar-refractivity contribution in [3.05, 3.63) is 0 Å². The van der Waals surface area contributed by atoms with Crippen LogP contribution in [0.2, 0.25) is 0 Å². The highest BCUT2D eigenvalue weighted by Gasteiger charge is 3.01. The molecule has 0 aromatic carbocycles. The van der Waals surface area contributed by atoms with Crippen LogP contribution in [-0.2, 0) is 28.7 Å². The molecule has 0 spiro atoms. The van der Waals surface area contributed by atoms with Crippen LogP contribution in [0, 0.1) is 70.0 Å². The Morgan fingerprint density at radius 2 is 1.17 bits per heavy atom. The highest BCUT2D eigenvalue weighted by atomic mass is 16.5. The SMILES string of the molecule is CCOC(=O)[C@]12[C@@H]3[C@@H]4C(=O)CC[C@H]4[C@@H]4[C@@H]3[C@H]3[C@@H]1[C@@H]1CCC(=O)[C@@H]1[C@@H]3[C@@]42C(=O)OCC. The van der Waals surface area contributed by atoms with Gasteiger partial charge in [0.2, 0.25) is 0 Å². The van der Waals surface area contributed by atoms with Gasteiger partial charge < -0.3 is 9.47 Å². The Bertz CT molecular complexity index is 851. The van der Waals surface area contributed by atoms with E-state index in [2.05, 4.69) is 0 Å². The molecule has 8 bridgehead atoms. The minimum atomic E-state index is -0.952. The summed E-state index contributed by atoms with van der Waals surface area (Å²) in [6.07, 6.45) is 2.73. The van der Waals surface area contributed by atoms with Crippen molar-refractivity contribution in [3.63, 3.8) is 0 Å². The maximum absolute atomic E-state index is 13.9. The molecule has 8 aliphatic carbocycles. The molecule has 0 heterocycles. The van der Waals surface area contributed by atoms with Gasteiger partial charge in [0.05, 0.1) is 24.0 Å². The Balaban J connectivity index is 1.51. The average Bonchev–Trinajstić information content (AvgIpc) is 3.51. The number of hydrogen-bond donors (Lipinski definition) is 0. The Morgan fingerprint density at radius 3 is 1.53 bits per heavy atom. The molecule has 8 rings (SSSR count). The first kappa shape index (κ1) is 17.9. The van der Waals surface area contributed by atoms with Crippen LogP contribution in [0.3, 0.4) is 0 Å². The zero-order chi connectivity index (χ0) is 20.7. The molecular weight excluding hydrogens is 384 g/mol. The lowest BCUT2D eigenvalue weighted by atomic mass is 9.43.